The van der Waals surface area contributed by atoms with Crippen LogP contribution in [0.2, 0.25) is 0 Å². The van der Waals surface area contributed by atoms with Crippen molar-refractivity contribution < 1.29 is 31.9 Å². The summed E-state index contributed by atoms with van der Waals surface area (Å²) in [5.74, 6) is -1.50. The number of furan rings is 1. The second-order valence-electron chi connectivity index (χ2n) is 6.01. The molecule has 0 fully saturated rings. The van der Waals surface area contributed by atoms with Gasteiger partial charge in [0.25, 0.3) is 11.8 Å². The van der Waals surface area contributed by atoms with Crippen LogP contribution in [0.4, 0.5) is 24.5 Å². The average molecular weight is 483 g/mol. The number of benzene rings is 2. The number of nitrogens with one attached hydrogen (secondary N) is 1. The Morgan fingerprint density at radius 3 is 2.47 bits per heavy atom. The Hall–Kier alpha value is -3.27. The summed E-state index contributed by atoms with van der Waals surface area (Å²) in [7, 11) is 1.47. The summed E-state index contributed by atoms with van der Waals surface area (Å²) in [6, 6.07) is 14.2. The number of ether oxygens (including phenoxy) is 1. The van der Waals surface area contributed by atoms with Crippen LogP contribution in [0.3, 0.4) is 0 Å². The molecule has 30 heavy (non-hydrogen) atoms. The van der Waals surface area contributed by atoms with E-state index in [-0.39, 0.29) is 22.7 Å². The molecule has 0 atom stereocenters. The predicted molar refractivity (Wildman–Crippen MR) is 107 cm³/mol. The van der Waals surface area contributed by atoms with Crippen LogP contribution < -0.4 is 15.0 Å². The first-order valence-electron chi connectivity index (χ1n) is 8.43. The lowest BCUT2D eigenvalue weighted by Gasteiger charge is -2.19. The van der Waals surface area contributed by atoms with Crippen LogP contribution in [0.1, 0.15) is 20.9 Å². The van der Waals surface area contributed by atoms with Crippen LogP contribution in [0.15, 0.2) is 69.8 Å². The second kappa shape index (κ2) is 8.62. The summed E-state index contributed by atoms with van der Waals surface area (Å²) < 4.78 is 46.7. The number of nitrogens with zero attached hydrogens (tertiary/aromatic N) is 1. The molecule has 1 N–H and O–H groups in total. The topological polar surface area (TPSA) is 71.8 Å². The number of anilines is 2. The number of hydrogen-bond acceptors (Lipinski definition) is 4. The molecular weight excluding hydrogens is 469 g/mol. The number of carbonyl (C=O) groups is 2. The van der Waals surface area contributed by atoms with E-state index in [9.17, 15) is 22.8 Å². The zero-order valence-corrected chi connectivity index (χ0v) is 17.0. The summed E-state index contributed by atoms with van der Waals surface area (Å²) in [6.07, 6.45) is -4.85. The Labute approximate surface area is 177 Å². The predicted octanol–water partition coefficient (Wildman–Crippen LogP) is 5.47. The van der Waals surface area contributed by atoms with Gasteiger partial charge in [0.1, 0.15) is 5.75 Å². The summed E-state index contributed by atoms with van der Waals surface area (Å²) in [4.78, 5) is 26.6. The van der Waals surface area contributed by atoms with Gasteiger partial charge in [0.2, 0.25) is 0 Å². The third-order valence-corrected chi connectivity index (χ3v) is 4.35. The molecule has 0 unspecified atom stereocenters. The van der Waals surface area contributed by atoms with Gasteiger partial charge in [-0.05, 0) is 52.3 Å². The number of para-hydroxylation sites is 1. The highest BCUT2D eigenvalue weighted by molar-refractivity contribution is 9.10. The van der Waals surface area contributed by atoms with Gasteiger partial charge in [-0.15, -0.1) is 13.2 Å². The van der Waals surface area contributed by atoms with Gasteiger partial charge >= 0.3 is 6.36 Å². The number of alkyl halides is 3. The Morgan fingerprint density at radius 2 is 1.80 bits per heavy atom. The van der Waals surface area contributed by atoms with Crippen LogP contribution in [-0.4, -0.2) is 25.2 Å². The fraction of sp³-hybridized carbons (Fsp3) is 0.100. The lowest BCUT2D eigenvalue weighted by molar-refractivity contribution is -0.274. The van der Waals surface area contributed by atoms with Gasteiger partial charge in [-0.2, -0.15) is 0 Å². The molecule has 6 nitrogen and oxygen atoms in total. The van der Waals surface area contributed by atoms with E-state index in [1.165, 1.54) is 36.2 Å². The molecule has 10 heteroatoms. The third-order valence-electron chi connectivity index (χ3n) is 3.92. The third kappa shape index (κ3) is 5.20. The van der Waals surface area contributed by atoms with Gasteiger partial charge in [0.05, 0.1) is 11.3 Å². The minimum atomic E-state index is -4.85. The van der Waals surface area contributed by atoms with Gasteiger partial charge in [0.15, 0.2) is 10.4 Å². The van der Waals surface area contributed by atoms with Crippen LogP contribution in [0.5, 0.6) is 5.75 Å². The quantitative estimate of drug-likeness (QED) is 0.523. The highest BCUT2D eigenvalue weighted by Crippen LogP contribution is 2.27. The molecule has 0 saturated heterocycles. The summed E-state index contributed by atoms with van der Waals surface area (Å²) in [5, 5.41) is 2.51. The fourth-order valence-electron chi connectivity index (χ4n) is 2.63. The van der Waals surface area contributed by atoms with Crippen LogP contribution in [0.25, 0.3) is 0 Å². The molecule has 3 aromatic rings. The van der Waals surface area contributed by atoms with Crippen molar-refractivity contribution in [1.82, 2.24) is 0 Å². The average Bonchev–Trinajstić information content (AvgIpc) is 3.12. The van der Waals surface area contributed by atoms with E-state index < -0.39 is 23.9 Å². The molecule has 0 bridgehead atoms. The molecule has 1 aromatic heterocycles. The number of amides is 2. The smallest absolute Gasteiger partial charge is 0.444 e. The maximum absolute atomic E-state index is 12.8. The van der Waals surface area contributed by atoms with E-state index in [1.54, 1.807) is 24.3 Å². The summed E-state index contributed by atoms with van der Waals surface area (Å²) in [6.45, 7) is 0. The molecule has 156 valence electrons. The van der Waals surface area contributed by atoms with E-state index >= 15 is 0 Å². The van der Waals surface area contributed by atoms with E-state index in [2.05, 4.69) is 26.0 Å². The molecule has 0 aliphatic carbocycles. The molecule has 0 radical (unpaired) electrons. The first kappa shape index (κ1) is 21.4. The number of rotatable bonds is 5. The van der Waals surface area contributed by atoms with E-state index in [1.807, 2.05) is 0 Å². The highest BCUT2D eigenvalue weighted by atomic mass is 79.9. The van der Waals surface area contributed by atoms with Crippen molar-refractivity contribution >= 4 is 39.1 Å². The lowest BCUT2D eigenvalue weighted by Crippen LogP contribution is -2.28. The molecule has 2 aromatic carbocycles. The van der Waals surface area contributed by atoms with Crippen molar-refractivity contribution in [3.8, 4) is 5.75 Å². The Morgan fingerprint density at radius 1 is 1.07 bits per heavy atom. The summed E-state index contributed by atoms with van der Waals surface area (Å²) >= 11 is 3.12. The van der Waals surface area contributed by atoms with Crippen LogP contribution in [-0.2, 0) is 0 Å². The Kier molecular flexibility index (Phi) is 6.16. The van der Waals surface area contributed by atoms with E-state index in [0.717, 1.165) is 12.1 Å². The van der Waals surface area contributed by atoms with Crippen molar-refractivity contribution in [2.75, 3.05) is 17.3 Å². The molecule has 3 rings (SSSR count). The zero-order valence-electron chi connectivity index (χ0n) is 15.4. The molecule has 2 amide bonds. The van der Waals surface area contributed by atoms with Gasteiger partial charge < -0.3 is 19.4 Å². The molecule has 0 aliphatic heterocycles. The van der Waals surface area contributed by atoms with Gasteiger partial charge in [-0.3, -0.25) is 9.59 Å². The first-order valence-corrected chi connectivity index (χ1v) is 9.23. The molecule has 0 saturated carbocycles. The van der Waals surface area contributed by atoms with Gasteiger partial charge in [-0.1, -0.05) is 18.2 Å². The number of carbonyl (C=O) groups excluding carboxylic acids is 2. The van der Waals surface area contributed by atoms with Crippen LogP contribution >= 0.6 is 15.9 Å². The van der Waals surface area contributed by atoms with Crippen molar-refractivity contribution in [3.63, 3.8) is 0 Å². The van der Waals surface area contributed by atoms with E-state index in [4.69, 9.17) is 4.42 Å². The molecule has 0 aliphatic rings. The molecular formula is C20H14BrF3N2O4. The van der Waals surface area contributed by atoms with Crippen molar-refractivity contribution in [2.45, 2.75) is 6.36 Å². The number of hydrogen-bond donors (Lipinski definition) is 1. The van der Waals surface area contributed by atoms with Crippen molar-refractivity contribution in [2.24, 2.45) is 0 Å². The monoisotopic (exact) mass is 482 g/mol. The molecule has 0 spiro atoms. The minimum Gasteiger partial charge on any atom is -0.444 e. The largest absolute Gasteiger partial charge is 0.573 e. The summed E-state index contributed by atoms with van der Waals surface area (Å²) in [5.41, 5.74) is 0.525. The fourth-order valence-corrected chi connectivity index (χ4v) is 2.94. The second-order valence-corrected chi connectivity index (χ2v) is 6.80. The number of halogens is 4. The first-order chi connectivity index (χ1) is 14.1. The van der Waals surface area contributed by atoms with Crippen molar-refractivity contribution in [3.05, 3.63) is 76.7 Å². The van der Waals surface area contributed by atoms with Crippen molar-refractivity contribution in [1.29, 1.82) is 0 Å². The Bertz CT molecular complexity index is 1080. The standard InChI is InChI=1S/C20H14BrF3N2O4/c1-26(19(28)16-9-10-17(21)29-16)15-8-3-2-7-14(15)18(27)25-12-5-4-6-13(11-12)30-20(22,23)24/h2-11H,1H3,(H,25,27). The van der Waals surface area contributed by atoms with Gasteiger partial charge in [-0.25, -0.2) is 0 Å². The van der Waals surface area contributed by atoms with Gasteiger partial charge in [0, 0.05) is 18.8 Å². The minimum absolute atomic E-state index is 0.0663. The Balaban J connectivity index is 1.82. The maximum Gasteiger partial charge on any atom is 0.573 e. The van der Waals surface area contributed by atoms with Crippen LogP contribution in [0, 0.1) is 0 Å². The highest BCUT2D eigenvalue weighted by Gasteiger charge is 2.31. The normalized spacial score (nSPS) is 11.1. The lowest BCUT2D eigenvalue weighted by atomic mass is 10.1. The zero-order chi connectivity index (χ0) is 21.9. The van der Waals surface area contributed by atoms with E-state index in [0.29, 0.717) is 4.67 Å². The maximum atomic E-state index is 12.8. The SMILES string of the molecule is CN(C(=O)c1ccc(Br)o1)c1ccccc1C(=O)Nc1cccc(OC(F)(F)F)c1. The molecule has 1 heterocycles.